The van der Waals surface area contributed by atoms with Crippen molar-refractivity contribution in [2.45, 2.75) is 45.6 Å². The molecule has 3 aromatic rings. The van der Waals surface area contributed by atoms with Gasteiger partial charge >= 0.3 is 0 Å². The maximum absolute atomic E-state index is 12.2. The number of hydrogen-bond donors (Lipinski definition) is 2. The van der Waals surface area contributed by atoms with Gasteiger partial charge in [-0.15, -0.1) is 10.2 Å². The van der Waals surface area contributed by atoms with Gasteiger partial charge in [0, 0.05) is 30.0 Å². The highest BCUT2D eigenvalue weighted by molar-refractivity contribution is 5.96. The van der Waals surface area contributed by atoms with Crippen LogP contribution in [0, 0.1) is 0 Å². The number of unbranched alkanes of at least 4 members (excludes halogenated alkanes) is 2. The standard InChI is InChI=1S/C25H30N4O4/c1-17(2)29-21-14-13-19(33-3)16-20(21)23(25(29)32)28-27-22(30)12-8-5-9-15-26-24(31)18-10-6-4-7-11-18/h4,6-7,10-11,13-14,16-17,32H,5,8-9,12,15H2,1-3H3,(H,26,31). The van der Waals surface area contributed by atoms with Gasteiger partial charge in [0.15, 0.2) is 5.69 Å². The molecule has 0 aliphatic carbocycles. The molecule has 2 amide bonds. The first-order valence-corrected chi connectivity index (χ1v) is 11.1. The van der Waals surface area contributed by atoms with Crippen LogP contribution in [0.3, 0.4) is 0 Å². The lowest BCUT2D eigenvalue weighted by atomic mass is 10.2. The van der Waals surface area contributed by atoms with Crippen LogP contribution in [0.4, 0.5) is 5.69 Å². The summed E-state index contributed by atoms with van der Waals surface area (Å²) in [6, 6.07) is 14.5. The molecular formula is C25H30N4O4. The molecule has 2 N–H and O–H groups in total. The van der Waals surface area contributed by atoms with Gasteiger partial charge in [-0.2, -0.15) is 0 Å². The second-order valence-corrected chi connectivity index (χ2v) is 8.05. The molecular weight excluding hydrogens is 420 g/mol. The van der Waals surface area contributed by atoms with Crippen LogP contribution in [-0.2, 0) is 4.79 Å². The van der Waals surface area contributed by atoms with Crippen LogP contribution in [-0.4, -0.2) is 35.1 Å². The molecule has 0 fully saturated rings. The number of fused-ring (bicyclic) bond motifs is 1. The number of aromatic nitrogens is 1. The van der Waals surface area contributed by atoms with Crippen molar-refractivity contribution in [1.29, 1.82) is 0 Å². The van der Waals surface area contributed by atoms with E-state index in [1.165, 1.54) is 0 Å². The first-order valence-electron chi connectivity index (χ1n) is 11.1. The maximum Gasteiger partial charge on any atom is 0.264 e. The van der Waals surface area contributed by atoms with Crippen molar-refractivity contribution in [2.24, 2.45) is 10.2 Å². The second-order valence-electron chi connectivity index (χ2n) is 8.05. The van der Waals surface area contributed by atoms with Crippen molar-refractivity contribution in [3.05, 3.63) is 54.1 Å². The van der Waals surface area contributed by atoms with Crippen LogP contribution in [0.5, 0.6) is 11.6 Å². The lowest BCUT2D eigenvalue weighted by molar-refractivity contribution is -0.118. The smallest absolute Gasteiger partial charge is 0.264 e. The minimum atomic E-state index is -0.351. The molecule has 1 aromatic heterocycles. The summed E-state index contributed by atoms with van der Waals surface area (Å²) in [5.41, 5.74) is 1.68. The molecule has 0 radical (unpaired) electrons. The Morgan fingerprint density at radius 2 is 1.85 bits per heavy atom. The third-order valence-electron chi connectivity index (χ3n) is 5.33. The average Bonchev–Trinajstić information content (AvgIpc) is 3.10. The summed E-state index contributed by atoms with van der Waals surface area (Å²) in [6.07, 6.45) is 2.45. The molecule has 0 saturated heterocycles. The van der Waals surface area contributed by atoms with E-state index < -0.39 is 0 Å². The highest BCUT2D eigenvalue weighted by Gasteiger charge is 2.19. The summed E-state index contributed by atoms with van der Waals surface area (Å²) in [6.45, 7) is 4.46. The number of methoxy groups -OCH3 is 1. The zero-order chi connectivity index (χ0) is 23.8. The van der Waals surface area contributed by atoms with Gasteiger partial charge in [-0.05, 0) is 57.0 Å². The van der Waals surface area contributed by atoms with E-state index in [-0.39, 0.29) is 35.8 Å². The van der Waals surface area contributed by atoms with Gasteiger partial charge in [0.1, 0.15) is 5.75 Å². The predicted molar refractivity (Wildman–Crippen MR) is 127 cm³/mol. The Morgan fingerprint density at radius 3 is 2.55 bits per heavy atom. The summed E-state index contributed by atoms with van der Waals surface area (Å²) < 4.78 is 7.03. The molecule has 0 unspecified atom stereocenters. The van der Waals surface area contributed by atoms with Gasteiger partial charge in [0.05, 0.1) is 12.6 Å². The third kappa shape index (κ3) is 5.97. The fraction of sp³-hybridized carbons (Fsp3) is 0.360. The summed E-state index contributed by atoms with van der Waals surface area (Å²) in [4.78, 5) is 24.2. The van der Waals surface area contributed by atoms with Crippen molar-refractivity contribution in [1.82, 2.24) is 9.88 Å². The summed E-state index contributed by atoms with van der Waals surface area (Å²) in [7, 11) is 1.57. The van der Waals surface area contributed by atoms with Gasteiger partial charge in [0.25, 0.3) is 11.8 Å². The monoisotopic (exact) mass is 450 g/mol. The van der Waals surface area contributed by atoms with E-state index in [0.29, 0.717) is 29.7 Å². The number of ether oxygens (including phenoxy) is 1. The summed E-state index contributed by atoms with van der Waals surface area (Å²) in [5.74, 6) is 0.151. The van der Waals surface area contributed by atoms with Crippen molar-refractivity contribution in [2.75, 3.05) is 13.7 Å². The van der Waals surface area contributed by atoms with E-state index in [4.69, 9.17) is 4.74 Å². The van der Waals surface area contributed by atoms with Crippen molar-refractivity contribution >= 4 is 28.4 Å². The quantitative estimate of drug-likeness (QED) is 0.313. The number of carbonyl (C=O) groups is 2. The lowest BCUT2D eigenvalue weighted by Crippen LogP contribution is -2.24. The van der Waals surface area contributed by atoms with Crippen LogP contribution in [0.15, 0.2) is 58.8 Å². The summed E-state index contributed by atoms with van der Waals surface area (Å²) in [5, 5.41) is 22.1. The molecule has 8 nitrogen and oxygen atoms in total. The molecule has 2 aromatic carbocycles. The van der Waals surface area contributed by atoms with Crippen molar-refractivity contribution in [3.63, 3.8) is 0 Å². The van der Waals surface area contributed by atoms with E-state index in [0.717, 1.165) is 18.4 Å². The molecule has 0 aliphatic heterocycles. The molecule has 1 heterocycles. The van der Waals surface area contributed by atoms with Gasteiger partial charge in [-0.1, -0.05) is 24.6 Å². The van der Waals surface area contributed by atoms with E-state index in [1.807, 2.05) is 44.2 Å². The van der Waals surface area contributed by atoms with Crippen LogP contribution in [0.25, 0.3) is 10.9 Å². The van der Waals surface area contributed by atoms with Crippen molar-refractivity contribution < 1.29 is 19.4 Å². The molecule has 0 saturated carbocycles. The van der Waals surface area contributed by atoms with E-state index in [2.05, 4.69) is 15.5 Å². The van der Waals surface area contributed by atoms with Gasteiger partial charge in [0.2, 0.25) is 5.88 Å². The first-order chi connectivity index (χ1) is 15.9. The molecule has 0 bridgehead atoms. The highest BCUT2D eigenvalue weighted by atomic mass is 16.5. The molecule has 33 heavy (non-hydrogen) atoms. The fourth-order valence-corrected chi connectivity index (χ4v) is 3.64. The van der Waals surface area contributed by atoms with Gasteiger partial charge < -0.3 is 19.7 Å². The van der Waals surface area contributed by atoms with E-state index in [1.54, 1.807) is 29.9 Å². The number of carbonyl (C=O) groups excluding carboxylic acids is 2. The van der Waals surface area contributed by atoms with Crippen molar-refractivity contribution in [3.8, 4) is 11.6 Å². The summed E-state index contributed by atoms with van der Waals surface area (Å²) >= 11 is 0. The van der Waals surface area contributed by atoms with Crippen LogP contribution in [0.1, 0.15) is 55.9 Å². The van der Waals surface area contributed by atoms with Crippen LogP contribution in [0.2, 0.25) is 0 Å². The first kappa shape index (κ1) is 24.0. The van der Waals surface area contributed by atoms with E-state index >= 15 is 0 Å². The molecule has 0 spiro atoms. The van der Waals surface area contributed by atoms with Gasteiger partial charge in [-0.25, -0.2) is 0 Å². The largest absolute Gasteiger partial charge is 0.497 e. The number of aromatic hydroxyl groups is 1. The zero-order valence-electron chi connectivity index (χ0n) is 19.2. The Bertz CT molecular complexity index is 1140. The topological polar surface area (TPSA) is 105 Å². The van der Waals surface area contributed by atoms with E-state index in [9.17, 15) is 14.7 Å². The Labute approximate surface area is 193 Å². The van der Waals surface area contributed by atoms with Crippen LogP contribution >= 0.6 is 0 Å². The molecule has 174 valence electrons. The normalized spacial score (nSPS) is 11.4. The number of rotatable bonds is 10. The molecule has 3 rings (SSSR count). The average molecular weight is 451 g/mol. The SMILES string of the molecule is COc1ccc2c(c1)c(N=NC(=O)CCCCCNC(=O)c1ccccc1)c(O)n2C(C)C. The molecule has 0 atom stereocenters. The Hall–Kier alpha value is -3.68. The number of nitrogens with one attached hydrogen (secondary N) is 1. The third-order valence-corrected chi connectivity index (χ3v) is 5.33. The second kappa shape index (κ2) is 11.3. The predicted octanol–water partition coefficient (Wildman–Crippen LogP) is 5.54. The number of amides is 2. The zero-order valence-corrected chi connectivity index (χ0v) is 19.2. The minimum absolute atomic E-state index is 0.00271. The fourth-order valence-electron chi connectivity index (χ4n) is 3.64. The Kier molecular flexibility index (Phi) is 8.18. The molecule has 0 aliphatic rings. The van der Waals surface area contributed by atoms with Crippen LogP contribution < -0.4 is 10.1 Å². The highest BCUT2D eigenvalue weighted by Crippen LogP contribution is 2.42. The molecule has 8 heteroatoms. The Balaban J connectivity index is 1.52. The van der Waals surface area contributed by atoms with Gasteiger partial charge in [-0.3, -0.25) is 9.59 Å². The number of benzene rings is 2. The number of azo groups is 1. The number of hydrogen-bond acceptors (Lipinski definition) is 5. The maximum atomic E-state index is 12.2. The Morgan fingerprint density at radius 1 is 1.09 bits per heavy atom. The number of nitrogens with zero attached hydrogens (tertiary/aromatic N) is 3. The minimum Gasteiger partial charge on any atom is -0.497 e. The lowest BCUT2D eigenvalue weighted by Gasteiger charge is -2.10.